The van der Waals surface area contributed by atoms with E-state index in [0.29, 0.717) is 12.8 Å². The number of aliphatic hydroxyl groups excluding tert-OH is 2. The second-order valence-corrected chi connectivity index (χ2v) is 17.6. The molecule has 0 heterocycles. The molecule has 10 nitrogen and oxygen atoms in total. The minimum absolute atomic E-state index is 0.193. The fourth-order valence-corrected chi connectivity index (χ4v) is 7.67. The van der Waals surface area contributed by atoms with Crippen LogP contribution in [-0.4, -0.2) is 65.7 Å². The van der Waals surface area contributed by atoms with E-state index in [4.69, 9.17) is 23.6 Å². The van der Waals surface area contributed by atoms with Crippen molar-refractivity contribution in [2.24, 2.45) is 0 Å². The largest absolute Gasteiger partial charge is 0.472 e. The highest BCUT2D eigenvalue weighted by Crippen LogP contribution is 2.43. The summed E-state index contributed by atoms with van der Waals surface area (Å²) < 4.78 is 32.8. The van der Waals surface area contributed by atoms with Gasteiger partial charge in [0, 0.05) is 12.8 Å². The molecule has 0 spiro atoms. The number of rotatable bonds is 45. The van der Waals surface area contributed by atoms with Crippen LogP contribution in [0.5, 0.6) is 0 Å². The Hall–Kier alpha value is -1.03. The highest BCUT2D eigenvalue weighted by Gasteiger charge is 2.27. The molecule has 0 aliphatic rings. The van der Waals surface area contributed by atoms with Crippen molar-refractivity contribution in [3.63, 3.8) is 0 Å². The predicted octanol–water partition coefficient (Wildman–Crippen LogP) is 12.6. The maximum absolute atomic E-state index is 12.6. The van der Waals surface area contributed by atoms with E-state index in [9.17, 15) is 24.2 Å². The van der Waals surface area contributed by atoms with E-state index in [-0.39, 0.29) is 19.4 Å². The third kappa shape index (κ3) is 41.1. The van der Waals surface area contributed by atoms with E-state index in [1.807, 2.05) is 0 Å². The van der Waals surface area contributed by atoms with Gasteiger partial charge in [-0.1, -0.05) is 213 Å². The predicted molar refractivity (Wildman–Crippen MR) is 229 cm³/mol. The van der Waals surface area contributed by atoms with Crippen molar-refractivity contribution in [1.82, 2.24) is 0 Å². The van der Waals surface area contributed by atoms with Gasteiger partial charge in [0.25, 0.3) is 0 Å². The summed E-state index contributed by atoms with van der Waals surface area (Å²) in [6.07, 6.45) is 39.3. The van der Waals surface area contributed by atoms with Gasteiger partial charge in [-0.05, 0) is 12.8 Å². The molecule has 0 saturated carbocycles. The second kappa shape index (κ2) is 42.1. The first-order valence-corrected chi connectivity index (χ1v) is 25.0. The van der Waals surface area contributed by atoms with Crippen molar-refractivity contribution < 1.29 is 47.8 Å². The first-order valence-electron chi connectivity index (χ1n) is 23.5. The molecular formula is C45H89O10P. The Morgan fingerprint density at radius 2 is 0.768 bits per heavy atom. The SMILES string of the molecule is CCCCCCCCCCCCCCCCCCCCCCCC(=O)OC(COC(=O)CCCCCCCCCCCCCC)COP(=O)(O)OCC(O)CO. The van der Waals surface area contributed by atoms with E-state index in [1.54, 1.807) is 0 Å². The average molecular weight is 821 g/mol. The Morgan fingerprint density at radius 1 is 0.464 bits per heavy atom. The van der Waals surface area contributed by atoms with Gasteiger partial charge in [0.1, 0.15) is 12.7 Å². The van der Waals surface area contributed by atoms with Crippen LogP contribution in [0.15, 0.2) is 0 Å². The number of hydrogen-bond donors (Lipinski definition) is 3. The van der Waals surface area contributed by atoms with Crippen LogP contribution in [0.1, 0.15) is 239 Å². The van der Waals surface area contributed by atoms with Crippen molar-refractivity contribution in [3.8, 4) is 0 Å². The van der Waals surface area contributed by atoms with Gasteiger partial charge in [-0.25, -0.2) is 4.57 Å². The van der Waals surface area contributed by atoms with Gasteiger partial charge in [0.05, 0.1) is 19.8 Å². The summed E-state index contributed by atoms with van der Waals surface area (Å²) >= 11 is 0. The molecule has 0 aromatic rings. The van der Waals surface area contributed by atoms with Crippen LogP contribution in [0.25, 0.3) is 0 Å². The summed E-state index contributed by atoms with van der Waals surface area (Å²) in [5.74, 6) is -0.908. The van der Waals surface area contributed by atoms with Crippen LogP contribution in [0.2, 0.25) is 0 Å². The van der Waals surface area contributed by atoms with Gasteiger partial charge >= 0.3 is 19.8 Å². The van der Waals surface area contributed by atoms with Crippen LogP contribution in [0.3, 0.4) is 0 Å². The third-order valence-corrected chi connectivity index (χ3v) is 11.5. The maximum Gasteiger partial charge on any atom is 0.472 e. The topological polar surface area (TPSA) is 149 Å². The summed E-state index contributed by atoms with van der Waals surface area (Å²) in [6.45, 7) is 2.42. The highest BCUT2D eigenvalue weighted by atomic mass is 31.2. The standard InChI is InChI=1S/C45H89O10P/c1-3-5-7-9-11-13-15-17-18-19-20-21-22-23-24-25-27-29-31-33-35-37-45(49)55-43(41-54-56(50,51)53-39-42(47)38-46)40-52-44(48)36-34-32-30-28-26-16-14-12-10-8-6-4-2/h42-43,46-47H,3-41H2,1-2H3,(H,50,51). The second-order valence-electron chi connectivity index (χ2n) is 16.2. The van der Waals surface area contributed by atoms with E-state index >= 15 is 0 Å². The molecule has 0 rings (SSSR count). The molecule has 3 N–H and O–H groups in total. The number of carbonyl (C=O) groups excluding carboxylic acids is 2. The van der Waals surface area contributed by atoms with E-state index in [0.717, 1.165) is 38.5 Å². The average Bonchev–Trinajstić information content (AvgIpc) is 3.19. The normalized spacial score (nSPS) is 13.7. The van der Waals surface area contributed by atoms with Gasteiger partial charge in [0.2, 0.25) is 0 Å². The number of hydrogen-bond acceptors (Lipinski definition) is 9. The quantitative estimate of drug-likeness (QED) is 0.0308. The minimum atomic E-state index is -4.61. The zero-order chi connectivity index (χ0) is 41.2. The van der Waals surface area contributed by atoms with Crippen molar-refractivity contribution in [3.05, 3.63) is 0 Å². The molecule has 0 bridgehead atoms. The number of phosphoric ester groups is 1. The molecule has 0 aliphatic carbocycles. The molecule has 11 heteroatoms. The fraction of sp³-hybridized carbons (Fsp3) is 0.956. The zero-order valence-electron chi connectivity index (χ0n) is 36.4. The van der Waals surface area contributed by atoms with Crippen LogP contribution in [-0.2, 0) is 32.7 Å². The molecule has 3 unspecified atom stereocenters. The van der Waals surface area contributed by atoms with Crippen molar-refractivity contribution >= 4 is 19.8 Å². The Labute approximate surface area is 344 Å². The number of carbonyl (C=O) groups is 2. The maximum atomic E-state index is 12.6. The molecule has 56 heavy (non-hydrogen) atoms. The molecule has 3 atom stereocenters. The van der Waals surface area contributed by atoms with E-state index in [2.05, 4.69) is 13.8 Å². The lowest BCUT2D eigenvalue weighted by atomic mass is 10.0. The van der Waals surface area contributed by atoms with Gasteiger partial charge in [0.15, 0.2) is 6.10 Å². The highest BCUT2D eigenvalue weighted by molar-refractivity contribution is 7.47. The number of unbranched alkanes of at least 4 members (excludes halogenated alkanes) is 31. The van der Waals surface area contributed by atoms with Gasteiger partial charge in [-0.2, -0.15) is 0 Å². The summed E-state index contributed by atoms with van der Waals surface area (Å²) in [5, 5.41) is 18.3. The minimum Gasteiger partial charge on any atom is -0.462 e. The number of esters is 2. The van der Waals surface area contributed by atoms with E-state index < -0.39 is 51.8 Å². The molecule has 0 aromatic heterocycles. The lowest BCUT2D eigenvalue weighted by Gasteiger charge is -2.20. The van der Waals surface area contributed by atoms with Crippen LogP contribution < -0.4 is 0 Å². The van der Waals surface area contributed by atoms with Crippen LogP contribution >= 0.6 is 7.82 Å². The summed E-state index contributed by atoms with van der Waals surface area (Å²) in [6, 6.07) is 0. The molecule has 0 radical (unpaired) electrons. The molecule has 334 valence electrons. The van der Waals surface area contributed by atoms with Crippen LogP contribution in [0, 0.1) is 0 Å². The van der Waals surface area contributed by atoms with Crippen LogP contribution in [0.4, 0.5) is 0 Å². The summed E-state index contributed by atoms with van der Waals surface area (Å²) in [4.78, 5) is 35.0. The molecular weight excluding hydrogens is 731 g/mol. The number of aliphatic hydroxyl groups is 2. The fourth-order valence-electron chi connectivity index (χ4n) is 6.88. The summed E-state index contributed by atoms with van der Waals surface area (Å²) in [5.41, 5.74) is 0. The lowest BCUT2D eigenvalue weighted by Crippen LogP contribution is -2.29. The molecule has 0 amide bonds. The molecule has 0 aliphatic heterocycles. The Morgan fingerprint density at radius 3 is 1.11 bits per heavy atom. The van der Waals surface area contributed by atoms with Gasteiger partial charge in [-0.3, -0.25) is 18.6 Å². The first kappa shape index (κ1) is 55.0. The molecule has 0 fully saturated rings. The lowest BCUT2D eigenvalue weighted by molar-refractivity contribution is -0.161. The van der Waals surface area contributed by atoms with Gasteiger partial charge in [-0.15, -0.1) is 0 Å². The Bertz CT molecular complexity index is 904. The van der Waals surface area contributed by atoms with Gasteiger partial charge < -0.3 is 24.6 Å². The molecule has 0 saturated heterocycles. The van der Waals surface area contributed by atoms with E-state index in [1.165, 1.54) is 161 Å². The van der Waals surface area contributed by atoms with Crippen molar-refractivity contribution in [1.29, 1.82) is 0 Å². The first-order chi connectivity index (χ1) is 27.2. The zero-order valence-corrected chi connectivity index (χ0v) is 37.3. The summed E-state index contributed by atoms with van der Waals surface area (Å²) in [7, 11) is -4.61. The van der Waals surface area contributed by atoms with Crippen molar-refractivity contribution in [2.75, 3.05) is 26.4 Å². The smallest absolute Gasteiger partial charge is 0.462 e. The third-order valence-electron chi connectivity index (χ3n) is 10.5. The molecule has 0 aromatic carbocycles. The Kier molecular flexibility index (Phi) is 41.3. The number of ether oxygens (including phenoxy) is 2. The monoisotopic (exact) mass is 821 g/mol. The Balaban J connectivity index is 4.14. The number of phosphoric acid groups is 1. The van der Waals surface area contributed by atoms with Crippen molar-refractivity contribution in [2.45, 2.75) is 251 Å².